The van der Waals surface area contributed by atoms with Crippen LogP contribution in [0.25, 0.3) is 11.3 Å². The van der Waals surface area contributed by atoms with Crippen molar-refractivity contribution in [1.82, 2.24) is 25.1 Å². The van der Waals surface area contributed by atoms with Crippen LogP contribution in [0.3, 0.4) is 0 Å². The van der Waals surface area contributed by atoms with E-state index in [2.05, 4.69) is 20.4 Å². The zero-order valence-corrected chi connectivity index (χ0v) is 16.0. The Morgan fingerprint density at radius 2 is 2.10 bits per heavy atom. The number of alkyl halides is 3. The molecule has 0 bridgehead atoms. The molecule has 0 aromatic carbocycles. The van der Waals surface area contributed by atoms with Gasteiger partial charge in [0, 0.05) is 24.4 Å². The molecule has 0 radical (unpaired) electrons. The second-order valence-corrected chi connectivity index (χ2v) is 6.84. The van der Waals surface area contributed by atoms with Crippen molar-refractivity contribution >= 4 is 5.91 Å². The third-order valence-corrected chi connectivity index (χ3v) is 4.85. The van der Waals surface area contributed by atoms with Gasteiger partial charge >= 0.3 is 6.18 Å². The molecule has 0 saturated carbocycles. The zero-order chi connectivity index (χ0) is 21.3. The number of halogens is 3. The number of aryl methyl sites for hydroxylation is 1. The molecule has 0 unspecified atom stereocenters. The molecular weight excluding hydrogens is 399 g/mol. The average Bonchev–Trinajstić information content (AvgIpc) is 3.19. The molecular formula is C20H18F3N5O2. The normalized spacial score (nSPS) is 16.1. The number of fused-ring (bicyclic) bond motifs is 1. The van der Waals surface area contributed by atoms with Crippen molar-refractivity contribution < 1.29 is 22.7 Å². The Morgan fingerprint density at radius 3 is 2.87 bits per heavy atom. The van der Waals surface area contributed by atoms with Gasteiger partial charge in [0.25, 0.3) is 5.91 Å². The van der Waals surface area contributed by atoms with Crippen molar-refractivity contribution in [2.45, 2.75) is 31.6 Å². The predicted octanol–water partition coefficient (Wildman–Crippen LogP) is 3.63. The fourth-order valence-corrected chi connectivity index (χ4v) is 3.40. The molecule has 0 aliphatic carbocycles. The summed E-state index contributed by atoms with van der Waals surface area (Å²) in [7, 11) is 1.53. The maximum Gasteiger partial charge on any atom is 0.433 e. The van der Waals surface area contributed by atoms with Gasteiger partial charge in [-0.3, -0.25) is 9.48 Å². The molecule has 7 nitrogen and oxygen atoms in total. The quantitative estimate of drug-likeness (QED) is 0.701. The summed E-state index contributed by atoms with van der Waals surface area (Å²) in [6.07, 6.45) is -1.57. The van der Waals surface area contributed by atoms with Crippen LogP contribution in [0.2, 0.25) is 0 Å². The number of pyridine rings is 2. The first-order chi connectivity index (χ1) is 14.3. The number of nitrogens with one attached hydrogen (secondary N) is 1. The van der Waals surface area contributed by atoms with E-state index in [-0.39, 0.29) is 11.7 Å². The number of amides is 1. The number of aromatic nitrogens is 4. The topological polar surface area (TPSA) is 81.9 Å². The van der Waals surface area contributed by atoms with E-state index in [0.717, 1.165) is 23.7 Å². The van der Waals surface area contributed by atoms with Gasteiger partial charge in [0.2, 0.25) is 5.88 Å². The Hall–Kier alpha value is -3.43. The van der Waals surface area contributed by atoms with Gasteiger partial charge in [-0.25, -0.2) is 9.97 Å². The highest BCUT2D eigenvalue weighted by Crippen LogP contribution is 2.31. The molecule has 0 fully saturated rings. The number of hydrogen-bond acceptors (Lipinski definition) is 5. The number of carbonyl (C=O) groups excluding carboxylic acids is 1. The lowest BCUT2D eigenvalue weighted by Crippen LogP contribution is -2.33. The fraction of sp³-hybridized carbons (Fsp3) is 0.300. The first-order valence-electron chi connectivity index (χ1n) is 9.28. The summed E-state index contributed by atoms with van der Waals surface area (Å²) in [5.41, 5.74) is 0.920. The molecule has 0 spiro atoms. The third kappa shape index (κ3) is 3.98. The second kappa shape index (κ2) is 7.77. The lowest BCUT2D eigenvalue weighted by atomic mass is 10.0. The standard InChI is InChI=1S/C20H18F3N5O2/c1-30-18-10-12(7-8-24-18)15-11-16-13(5-3-9-28(16)27-15)26-19(29)14-4-2-6-17(25-14)20(21,22)23/h2,4,6-8,10-11,13H,3,5,9H2,1H3,(H,26,29)/t13-/m1/s1. The van der Waals surface area contributed by atoms with Gasteiger partial charge < -0.3 is 10.1 Å². The molecule has 4 heterocycles. The van der Waals surface area contributed by atoms with Gasteiger partial charge in [-0.15, -0.1) is 0 Å². The van der Waals surface area contributed by atoms with Gasteiger partial charge in [-0.2, -0.15) is 18.3 Å². The smallest absolute Gasteiger partial charge is 0.433 e. The van der Waals surface area contributed by atoms with Crippen molar-refractivity contribution in [1.29, 1.82) is 0 Å². The molecule has 3 aromatic rings. The molecule has 1 amide bonds. The Morgan fingerprint density at radius 1 is 1.27 bits per heavy atom. The van der Waals surface area contributed by atoms with Crippen molar-refractivity contribution in [3.63, 3.8) is 0 Å². The lowest BCUT2D eigenvalue weighted by Gasteiger charge is -2.24. The second-order valence-electron chi connectivity index (χ2n) is 6.84. The molecule has 1 aliphatic rings. The van der Waals surface area contributed by atoms with E-state index in [1.54, 1.807) is 23.0 Å². The molecule has 10 heteroatoms. The highest BCUT2D eigenvalue weighted by molar-refractivity contribution is 5.92. The van der Waals surface area contributed by atoms with Gasteiger partial charge in [0.15, 0.2) is 0 Å². The predicted molar refractivity (Wildman–Crippen MR) is 101 cm³/mol. The van der Waals surface area contributed by atoms with Crippen molar-refractivity contribution in [2.75, 3.05) is 7.11 Å². The van der Waals surface area contributed by atoms with Crippen molar-refractivity contribution in [3.05, 3.63) is 59.7 Å². The lowest BCUT2D eigenvalue weighted by molar-refractivity contribution is -0.141. The Labute approximate surface area is 169 Å². The first kappa shape index (κ1) is 19.9. The van der Waals surface area contributed by atoms with Crippen LogP contribution >= 0.6 is 0 Å². The maximum atomic E-state index is 12.9. The van der Waals surface area contributed by atoms with Crippen LogP contribution in [0.5, 0.6) is 5.88 Å². The zero-order valence-electron chi connectivity index (χ0n) is 16.0. The van der Waals surface area contributed by atoms with Gasteiger partial charge in [0.05, 0.1) is 24.5 Å². The largest absolute Gasteiger partial charge is 0.481 e. The molecule has 1 aliphatic heterocycles. The molecule has 3 aromatic heterocycles. The molecule has 4 rings (SSSR count). The van der Waals surface area contributed by atoms with Crippen LogP contribution in [0, 0.1) is 0 Å². The van der Waals surface area contributed by atoms with E-state index >= 15 is 0 Å². The van der Waals surface area contributed by atoms with E-state index in [9.17, 15) is 18.0 Å². The van der Waals surface area contributed by atoms with E-state index in [4.69, 9.17) is 4.74 Å². The van der Waals surface area contributed by atoms with Crippen LogP contribution in [-0.2, 0) is 12.7 Å². The minimum absolute atomic E-state index is 0.277. The number of methoxy groups -OCH3 is 1. The molecule has 30 heavy (non-hydrogen) atoms. The summed E-state index contributed by atoms with van der Waals surface area (Å²) in [6.45, 7) is 0.686. The highest BCUT2D eigenvalue weighted by atomic mass is 19.4. The van der Waals surface area contributed by atoms with Crippen LogP contribution in [-0.4, -0.2) is 32.8 Å². The minimum Gasteiger partial charge on any atom is -0.481 e. The monoisotopic (exact) mass is 417 g/mol. The van der Waals surface area contributed by atoms with Crippen LogP contribution < -0.4 is 10.1 Å². The average molecular weight is 417 g/mol. The number of rotatable bonds is 4. The SMILES string of the molecule is COc1cc(-c2cc3n(n2)CCC[C@H]3NC(=O)c2cccc(C(F)(F)F)n2)ccn1. The van der Waals surface area contributed by atoms with Crippen LogP contribution in [0.1, 0.15) is 40.8 Å². The van der Waals surface area contributed by atoms with Crippen LogP contribution in [0.4, 0.5) is 13.2 Å². The van der Waals surface area contributed by atoms with E-state index < -0.39 is 17.8 Å². The summed E-state index contributed by atoms with van der Waals surface area (Å²) in [5.74, 6) is -0.202. The third-order valence-electron chi connectivity index (χ3n) is 4.85. The van der Waals surface area contributed by atoms with Gasteiger partial charge in [-0.05, 0) is 37.1 Å². The van der Waals surface area contributed by atoms with Gasteiger partial charge in [-0.1, -0.05) is 6.07 Å². The highest BCUT2D eigenvalue weighted by Gasteiger charge is 2.33. The van der Waals surface area contributed by atoms with Crippen molar-refractivity contribution in [3.8, 4) is 17.1 Å². The van der Waals surface area contributed by atoms with E-state index in [1.807, 2.05) is 6.07 Å². The van der Waals surface area contributed by atoms with Crippen molar-refractivity contribution in [2.24, 2.45) is 0 Å². The summed E-state index contributed by atoms with van der Waals surface area (Å²) < 4.78 is 45.6. The Balaban J connectivity index is 1.58. The number of ether oxygens (including phenoxy) is 1. The molecule has 0 saturated heterocycles. The fourth-order valence-electron chi connectivity index (χ4n) is 3.40. The molecule has 1 N–H and O–H groups in total. The Bertz CT molecular complexity index is 1080. The van der Waals surface area contributed by atoms with E-state index in [0.29, 0.717) is 24.5 Å². The Kier molecular flexibility index (Phi) is 5.15. The van der Waals surface area contributed by atoms with Gasteiger partial charge in [0.1, 0.15) is 11.4 Å². The first-order valence-corrected chi connectivity index (χ1v) is 9.28. The number of nitrogens with zero attached hydrogens (tertiary/aromatic N) is 4. The van der Waals surface area contributed by atoms with E-state index in [1.165, 1.54) is 19.2 Å². The number of carbonyl (C=O) groups is 1. The summed E-state index contributed by atoms with van der Waals surface area (Å²) in [6, 6.07) is 8.31. The minimum atomic E-state index is -4.61. The summed E-state index contributed by atoms with van der Waals surface area (Å²) in [4.78, 5) is 20.1. The summed E-state index contributed by atoms with van der Waals surface area (Å²) >= 11 is 0. The maximum absolute atomic E-state index is 12.9. The molecule has 156 valence electrons. The van der Waals surface area contributed by atoms with Crippen LogP contribution in [0.15, 0.2) is 42.6 Å². The number of hydrogen-bond donors (Lipinski definition) is 1. The summed E-state index contributed by atoms with van der Waals surface area (Å²) in [5, 5.41) is 7.38. The molecule has 1 atom stereocenters.